The molecule has 0 unspecified atom stereocenters. The first-order valence-corrected chi connectivity index (χ1v) is 6.35. The van der Waals surface area contributed by atoms with E-state index in [0.717, 1.165) is 11.1 Å². The third-order valence-corrected chi connectivity index (χ3v) is 3.72. The lowest BCUT2D eigenvalue weighted by Crippen LogP contribution is -2.11. The molecule has 4 nitrogen and oxygen atoms in total. The molecule has 0 fully saturated rings. The van der Waals surface area contributed by atoms with E-state index in [1.165, 1.54) is 0 Å². The molecule has 0 N–H and O–H groups in total. The van der Waals surface area contributed by atoms with Gasteiger partial charge in [0.2, 0.25) is 0 Å². The number of hydrogen-bond acceptors (Lipinski definition) is 4. The van der Waals surface area contributed by atoms with Crippen molar-refractivity contribution in [1.82, 2.24) is 0 Å². The number of fused-ring (bicyclic) bond motifs is 2. The number of ether oxygens (including phenoxy) is 2. The van der Waals surface area contributed by atoms with Crippen LogP contribution in [0.15, 0.2) is 48.5 Å². The van der Waals surface area contributed by atoms with Gasteiger partial charge in [-0.1, -0.05) is 36.4 Å². The molecule has 0 spiro atoms. The third kappa shape index (κ3) is 1.42. The monoisotopic (exact) mass is 266 g/mol. The highest BCUT2D eigenvalue weighted by Crippen LogP contribution is 2.45. The van der Waals surface area contributed by atoms with Crippen LogP contribution in [0.1, 0.15) is 44.1 Å². The quantitative estimate of drug-likeness (QED) is 0.745. The van der Waals surface area contributed by atoms with Crippen LogP contribution in [-0.4, -0.2) is 11.9 Å². The molecular weight excluding hydrogens is 256 g/mol. The van der Waals surface area contributed by atoms with E-state index >= 15 is 0 Å². The van der Waals surface area contributed by atoms with Crippen molar-refractivity contribution in [2.75, 3.05) is 0 Å². The van der Waals surface area contributed by atoms with Crippen molar-refractivity contribution in [2.45, 2.75) is 12.2 Å². The lowest BCUT2D eigenvalue weighted by atomic mass is 9.96. The zero-order valence-electron chi connectivity index (χ0n) is 10.4. The van der Waals surface area contributed by atoms with Gasteiger partial charge < -0.3 is 9.47 Å². The molecule has 0 bridgehead atoms. The molecule has 2 aliphatic rings. The molecule has 2 aliphatic heterocycles. The predicted octanol–water partition coefficient (Wildman–Crippen LogP) is 2.81. The summed E-state index contributed by atoms with van der Waals surface area (Å²) in [6.45, 7) is 0. The van der Waals surface area contributed by atoms with Crippen molar-refractivity contribution in [3.05, 3.63) is 70.8 Å². The van der Waals surface area contributed by atoms with Gasteiger partial charge >= 0.3 is 11.9 Å². The summed E-state index contributed by atoms with van der Waals surface area (Å²) in [5, 5.41) is 0. The summed E-state index contributed by atoms with van der Waals surface area (Å²) >= 11 is 0. The lowest BCUT2D eigenvalue weighted by molar-refractivity contribution is -0.0232. The molecule has 0 aliphatic carbocycles. The van der Waals surface area contributed by atoms with E-state index in [-0.39, 0.29) is 11.9 Å². The highest BCUT2D eigenvalue weighted by atomic mass is 16.6. The van der Waals surface area contributed by atoms with Crippen LogP contribution in [0.5, 0.6) is 0 Å². The van der Waals surface area contributed by atoms with Crippen LogP contribution in [0.25, 0.3) is 0 Å². The minimum atomic E-state index is -0.564. The van der Waals surface area contributed by atoms with E-state index in [1.807, 2.05) is 24.3 Å². The summed E-state index contributed by atoms with van der Waals surface area (Å²) in [7, 11) is 0. The summed E-state index contributed by atoms with van der Waals surface area (Å²) in [5.41, 5.74) is 2.62. The molecule has 2 aromatic carbocycles. The molecule has 4 heteroatoms. The normalized spacial score (nSPS) is 23.0. The number of hydrogen-bond donors (Lipinski definition) is 0. The minimum Gasteiger partial charge on any atom is -0.449 e. The van der Waals surface area contributed by atoms with Gasteiger partial charge in [0.1, 0.15) is 0 Å². The molecule has 0 saturated carbocycles. The van der Waals surface area contributed by atoms with Crippen molar-refractivity contribution in [2.24, 2.45) is 0 Å². The second kappa shape index (κ2) is 3.93. The summed E-state index contributed by atoms with van der Waals surface area (Å²) in [4.78, 5) is 23.7. The minimum absolute atomic E-state index is 0.369. The van der Waals surface area contributed by atoms with Crippen molar-refractivity contribution in [3.8, 4) is 0 Å². The highest BCUT2D eigenvalue weighted by Gasteiger charge is 2.44. The van der Waals surface area contributed by atoms with E-state index in [2.05, 4.69) is 0 Å². The maximum Gasteiger partial charge on any atom is 0.339 e. The van der Waals surface area contributed by atoms with E-state index < -0.39 is 12.2 Å². The molecule has 4 rings (SSSR count). The van der Waals surface area contributed by atoms with E-state index in [9.17, 15) is 9.59 Å². The van der Waals surface area contributed by atoms with Gasteiger partial charge in [-0.15, -0.1) is 0 Å². The van der Waals surface area contributed by atoms with Gasteiger partial charge in [-0.05, 0) is 12.1 Å². The Balaban J connectivity index is 1.82. The molecule has 2 aromatic rings. The smallest absolute Gasteiger partial charge is 0.339 e. The Bertz CT molecular complexity index is 671. The first kappa shape index (κ1) is 11.2. The number of cyclic esters (lactones) is 2. The predicted molar refractivity (Wildman–Crippen MR) is 69.2 cm³/mol. The van der Waals surface area contributed by atoms with Gasteiger partial charge in [-0.3, -0.25) is 0 Å². The van der Waals surface area contributed by atoms with Gasteiger partial charge in [0.25, 0.3) is 0 Å². The van der Waals surface area contributed by atoms with Crippen LogP contribution >= 0.6 is 0 Å². The molecular formula is C16H10O4. The first-order valence-electron chi connectivity index (χ1n) is 6.35. The van der Waals surface area contributed by atoms with Gasteiger partial charge in [0, 0.05) is 11.1 Å². The van der Waals surface area contributed by atoms with Crippen molar-refractivity contribution in [3.63, 3.8) is 0 Å². The van der Waals surface area contributed by atoms with Crippen LogP contribution < -0.4 is 0 Å². The number of rotatable bonds is 1. The van der Waals surface area contributed by atoms with Gasteiger partial charge in [0.15, 0.2) is 12.2 Å². The van der Waals surface area contributed by atoms with Gasteiger partial charge in [-0.25, -0.2) is 9.59 Å². The Labute approximate surface area is 114 Å². The standard InChI is InChI=1S/C16H10O4/c17-15-11-7-3-1-5-9(11)13(19-15)14-10-6-2-4-8-12(10)16(18)20-14/h1-8,13-14H/t13-,14-/m0/s1. The molecule has 0 radical (unpaired) electrons. The second-order valence-electron chi connectivity index (χ2n) is 4.83. The SMILES string of the molecule is O=C1O[C@H]([C@H]2OC(=O)c3ccccc32)c2ccccc21. The molecule has 2 atom stereocenters. The molecule has 0 saturated heterocycles. The summed E-state index contributed by atoms with van der Waals surface area (Å²) in [6, 6.07) is 14.4. The Morgan fingerprint density at radius 3 is 1.50 bits per heavy atom. The lowest BCUT2D eigenvalue weighted by Gasteiger charge is -2.18. The topological polar surface area (TPSA) is 52.6 Å². The number of esters is 2. The number of carbonyl (C=O) groups excluding carboxylic acids is 2. The highest BCUT2D eigenvalue weighted by molar-refractivity contribution is 5.96. The fraction of sp³-hybridized carbons (Fsp3) is 0.125. The zero-order chi connectivity index (χ0) is 13.7. The van der Waals surface area contributed by atoms with Gasteiger partial charge in [0.05, 0.1) is 11.1 Å². The van der Waals surface area contributed by atoms with Crippen molar-refractivity contribution < 1.29 is 19.1 Å². The summed E-state index contributed by atoms with van der Waals surface area (Å²) in [5.74, 6) is -0.739. The maximum atomic E-state index is 11.9. The average Bonchev–Trinajstić information content (AvgIpc) is 2.99. The largest absolute Gasteiger partial charge is 0.449 e. The van der Waals surface area contributed by atoms with E-state index in [4.69, 9.17) is 9.47 Å². The van der Waals surface area contributed by atoms with Crippen LogP contribution in [0.4, 0.5) is 0 Å². The molecule has 2 heterocycles. The van der Waals surface area contributed by atoms with Gasteiger partial charge in [-0.2, -0.15) is 0 Å². The fourth-order valence-electron chi connectivity index (χ4n) is 2.80. The Kier molecular flexibility index (Phi) is 2.21. The maximum absolute atomic E-state index is 11.9. The fourth-order valence-corrected chi connectivity index (χ4v) is 2.80. The van der Waals surface area contributed by atoms with Crippen LogP contribution in [-0.2, 0) is 9.47 Å². The van der Waals surface area contributed by atoms with E-state index in [0.29, 0.717) is 11.1 Å². The zero-order valence-corrected chi connectivity index (χ0v) is 10.4. The van der Waals surface area contributed by atoms with E-state index in [1.54, 1.807) is 24.3 Å². The van der Waals surface area contributed by atoms with Crippen molar-refractivity contribution >= 4 is 11.9 Å². The molecule has 0 aromatic heterocycles. The molecule has 98 valence electrons. The Morgan fingerprint density at radius 1 is 0.650 bits per heavy atom. The summed E-state index contributed by atoms with van der Waals surface area (Å²) in [6.07, 6.45) is -1.13. The average molecular weight is 266 g/mol. The third-order valence-electron chi connectivity index (χ3n) is 3.72. The van der Waals surface area contributed by atoms with Crippen molar-refractivity contribution in [1.29, 1.82) is 0 Å². The molecule has 0 amide bonds. The Morgan fingerprint density at radius 2 is 1.05 bits per heavy atom. The number of carbonyl (C=O) groups is 2. The Hall–Kier alpha value is -2.62. The van der Waals surface area contributed by atoms with Crippen LogP contribution in [0, 0.1) is 0 Å². The van der Waals surface area contributed by atoms with Crippen LogP contribution in [0.3, 0.4) is 0 Å². The summed E-state index contributed by atoms with van der Waals surface area (Å²) < 4.78 is 10.8. The van der Waals surface area contributed by atoms with Crippen LogP contribution in [0.2, 0.25) is 0 Å². The molecule has 20 heavy (non-hydrogen) atoms. The second-order valence-corrected chi connectivity index (χ2v) is 4.83. The first-order chi connectivity index (χ1) is 9.75. The number of benzene rings is 2.